The molecule has 0 heterocycles. The highest BCUT2D eigenvalue weighted by molar-refractivity contribution is 5.31. The molecule has 0 spiro atoms. The summed E-state index contributed by atoms with van der Waals surface area (Å²) in [5.74, 6) is 5.25. The number of ether oxygens (including phenoxy) is 1. The summed E-state index contributed by atoms with van der Waals surface area (Å²) in [7, 11) is 1.91. The Morgan fingerprint density at radius 3 is 2.78 bits per heavy atom. The van der Waals surface area contributed by atoms with Gasteiger partial charge in [-0.15, -0.1) is 0 Å². The lowest BCUT2D eigenvalue weighted by molar-refractivity contribution is -0.0645. The number of fused-ring (bicyclic) bond motifs is 5. The van der Waals surface area contributed by atoms with Crippen LogP contribution < -0.4 is 0 Å². The van der Waals surface area contributed by atoms with E-state index in [1.165, 1.54) is 37.7 Å². The van der Waals surface area contributed by atoms with Crippen LogP contribution in [0.4, 0.5) is 0 Å². The molecule has 0 N–H and O–H groups in total. The molecule has 8 atom stereocenters. The topological polar surface area (TPSA) is 9.23 Å². The molecule has 4 aliphatic rings. The molecular formula is C22H34O. The average molecular weight is 315 g/mol. The van der Waals surface area contributed by atoms with E-state index in [9.17, 15) is 0 Å². The van der Waals surface area contributed by atoms with Gasteiger partial charge >= 0.3 is 0 Å². The van der Waals surface area contributed by atoms with Crippen molar-refractivity contribution in [1.82, 2.24) is 0 Å². The van der Waals surface area contributed by atoms with Crippen molar-refractivity contribution in [2.75, 3.05) is 7.11 Å². The van der Waals surface area contributed by atoms with Gasteiger partial charge in [-0.2, -0.15) is 0 Å². The summed E-state index contributed by atoms with van der Waals surface area (Å²) in [4.78, 5) is 0. The molecule has 4 aliphatic carbocycles. The van der Waals surface area contributed by atoms with E-state index in [1.54, 1.807) is 5.57 Å². The summed E-state index contributed by atoms with van der Waals surface area (Å²) in [6, 6.07) is 0. The molecule has 23 heavy (non-hydrogen) atoms. The first-order chi connectivity index (χ1) is 11.0. The van der Waals surface area contributed by atoms with E-state index in [4.69, 9.17) is 4.74 Å². The van der Waals surface area contributed by atoms with Gasteiger partial charge in [0.1, 0.15) is 0 Å². The fourth-order valence-electron chi connectivity index (χ4n) is 7.40. The van der Waals surface area contributed by atoms with E-state index in [2.05, 4.69) is 33.4 Å². The van der Waals surface area contributed by atoms with Gasteiger partial charge < -0.3 is 4.74 Å². The first kappa shape index (κ1) is 15.9. The van der Waals surface area contributed by atoms with Gasteiger partial charge in [0.05, 0.1) is 6.10 Å². The number of methoxy groups -OCH3 is 1. The van der Waals surface area contributed by atoms with E-state index in [0.29, 0.717) is 11.5 Å². The molecule has 0 bridgehead atoms. The molecule has 0 aromatic heterocycles. The van der Waals surface area contributed by atoms with Crippen molar-refractivity contribution in [3.8, 4) is 0 Å². The van der Waals surface area contributed by atoms with Crippen LogP contribution in [0.2, 0.25) is 0 Å². The number of hydrogen-bond donors (Lipinski definition) is 0. The summed E-state index contributed by atoms with van der Waals surface area (Å²) in [5.41, 5.74) is 3.60. The molecule has 0 aliphatic heterocycles. The summed E-state index contributed by atoms with van der Waals surface area (Å²) in [6.45, 7) is 11.9. The molecule has 0 amide bonds. The van der Waals surface area contributed by atoms with Crippen molar-refractivity contribution in [3.05, 3.63) is 23.8 Å². The van der Waals surface area contributed by atoms with Crippen molar-refractivity contribution >= 4 is 0 Å². The lowest BCUT2D eigenvalue weighted by Gasteiger charge is -2.58. The summed E-state index contributed by atoms with van der Waals surface area (Å²) >= 11 is 0. The van der Waals surface area contributed by atoms with E-state index in [0.717, 1.165) is 41.9 Å². The van der Waals surface area contributed by atoms with Crippen molar-refractivity contribution in [1.29, 1.82) is 0 Å². The maximum atomic E-state index is 5.90. The number of hydrogen-bond acceptors (Lipinski definition) is 1. The maximum absolute atomic E-state index is 5.90. The normalized spacial score (nSPS) is 52.4. The fraction of sp³-hybridized carbons (Fsp3) is 0.818. The Hall–Kier alpha value is -0.560. The highest BCUT2D eigenvalue weighted by Gasteiger charge is 2.57. The molecule has 1 nitrogen and oxygen atoms in total. The van der Waals surface area contributed by atoms with Crippen LogP contribution in [0.5, 0.6) is 0 Å². The smallest absolute Gasteiger partial charge is 0.0696 e. The molecule has 4 rings (SSSR count). The largest absolute Gasteiger partial charge is 0.380 e. The fourth-order valence-corrected chi connectivity index (χ4v) is 7.40. The molecule has 0 radical (unpaired) electrons. The Labute approximate surface area is 142 Å². The summed E-state index contributed by atoms with van der Waals surface area (Å²) in [6.07, 6.45) is 10.9. The third-order valence-electron chi connectivity index (χ3n) is 8.15. The molecule has 128 valence electrons. The maximum Gasteiger partial charge on any atom is 0.0696 e. The average Bonchev–Trinajstić information content (AvgIpc) is 2.82. The second-order valence-corrected chi connectivity index (χ2v) is 9.45. The first-order valence-electron chi connectivity index (χ1n) is 9.85. The van der Waals surface area contributed by atoms with E-state index in [-0.39, 0.29) is 0 Å². The van der Waals surface area contributed by atoms with Gasteiger partial charge in [0.2, 0.25) is 0 Å². The summed E-state index contributed by atoms with van der Waals surface area (Å²) in [5, 5.41) is 0. The van der Waals surface area contributed by atoms with Gasteiger partial charge in [0.15, 0.2) is 0 Å². The minimum absolute atomic E-state index is 0.300. The molecule has 1 heteroatoms. The molecule has 8 unspecified atom stereocenters. The molecule has 0 saturated heterocycles. The third-order valence-corrected chi connectivity index (χ3v) is 8.15. The monoisotopic (exact) mass is 314 g/mol. The van der Waals surface area contributed by atoms with Crippen molar-refractivity contribution in [3.63, 3.8) is 0 Å². The van der Waals surface area contributed by atoms with Gasteiger partial charge in [-0.1, -0.05) is 44.6 Å². The minimum Gasteiger partial charge on any atom is -0.380 e. The SMILES string of the molecule is C=C1CCC2C(C1)CC(C)C1C3=CCC(OC)C3(C)CC(C)C21. The van der Waals surface area contributed by atoms with Crippen LogP contribution in [0.1, 0.15) is 59.3 Å². The molecule has 3 saturated carbocycles. The van der Waals surface area contributed by atoms with Gasteiger partial charge in [-0.05, 0) is 74.0 Å². The highest BCUT2D eigenvalue weighted by Crippen LogP contribution is 2.64. The van der Waals surface area contributed by atoms with Crippen LogP contribution in [0.3, 0.4) is 0 Å². The van der Waals surface area contributed by atoms with E-state index >= 15 is 0 Å². The Kier molecular flexibility index (Phi) is 3.80. The van der Waals surface area contributed by atoms with Crippen LogP contribution >= 0.6 is 0 Å². The van der Waals surface area contributed by atoms with Gasteiger partial charge in [0.25, 0.3) is 0 Å². The lowest BCUT2D eigenvalue weighted by atomic mass is 9.47. The standard InChI is InChI=1S/C22H34O/c1-13-6-7-17-16(10-13)11-14(2)21-18-8-9-19(23-5)22(18,4)12-15(3)20(17)21/h8,14-17,19-21H,1,6-7,9-12H2,2-5H3. The Bertz CT molecular complexity index is 532. The first-order valence-corrected chi connectivity index (χ1v) is 9.85. The summed E-state index contributed by atoms with van der Waals surface area (Å²) < 4.78 is 5.90. The molecule has 3 fully saturated rings. The second kappa shape index (κ2) is 5.48. The van der Waals surface area contributed by atoms with E-state index in [1.807, 2.05) is 7.11 Å². The quantitative estimate of drug-likeness (QED) is 0.571. The number of allylic oxidation sites excluding steroid dienone is 1. The van der Waals surface area contributed by atoms with Crippen molar-refractivity contribution < 1.29 is 4.74 Å². The van der Waals surface area contributed by atoms with Crippen LogP contribution in [0.25, 0.3) is 0 Å². The Morgan fingerprint density at radius 1 is 1.26 bits per heavy atom. The molecule has 0 aromatic carbocycles. The van der Waals surface area contributed by atoms with Crippen molar-refractivity contribution in [2.45, 2.75) is 65.4 Å². The van der Waals surface area contributed by atoms with Gasteiger partial charge in [0, 0.05) is 12.5 Å². The predicted octanol–water partition coefficient (Wildman–Crippen LogP) is 5.62. The van der Waals surface area contributed by atoms with Crippen molar-refractivity contribution in [2.24, 2.45) is 40.9 Å². The van der Waals surface area contributed by atoms with E-state index < -0.39 is 0 Å². The molecule has 0 aromatic rings. The Balaban J connectivity index is 1.69. The van der Waals surface area contributed by atoms with Crippen LogP contribution in [0.15, 0.2) is 23.8 Å². The lowest BCUT2D eigenvalue weighted by Crippen LogP contribution is -2.52. The zero-order chi connectivity index (χ0) is 16.4. The predicted molar refractivity (Wildman–Crippen MR) is 96.1 cm³/mol. The Morgan fingerprint density at radius 2 is 2.04 bits per heavy atom. The van der Waals surface area contributed by atoms with Gasteiger partial charge in [-0.25, -0.2) is 0 Å². The minimum atomic E-state index is 0.300. The highest BCUT2D eigenvalue weighted by atomic mass is 16.5. The zero-order valence-corrected chi connectivity index (χ0v) is 15.5. The van der Waals surface area contributed by atoms with Crippen LogP contribution in [0, 0.1) is 40.9 Å². The number of rotatable bonds is 1. The molecular weight excluding hydrogens is 280 g/mol. The van der Waals surface area contributed by atoms with Crippen LogP contribution in [-0.4, -0.2) is 13.2 Å². The van der Waals surface area contributed by atoms with Gasteiger partial charge in [-0.3, -0.25) is 0 Å². The zero-order valence-electron chi connectivity index (χ0n) is 15.5. The second-order valence-electron chi connectivity index (χ2n) is 9.45. The third kappa shape index (κ3) is 2.22. The van der Waals surface area contributed by atoms with Crippen LogP contribution in [-0.2, 0) is 4.74 Å².